The molecule has 0 heterocycles. The number of carbonyl (C=O) groups is 1. The van der Waals surface area contributed by atoms with Crippen molar-refractivity contribution in [3.8, 4) is 0 Å². The number of amides is 1. The van der Waals surface area contributed by atoms with E-state index in [4.69, 9.17) is 23.2 Å². The summed E-state index contributed by atoms with van der Waals surface area (Å²) < 4.78 is 13.0. The van der Waals surface area contributed by atoms with Crippen molar-refractivity contribution in [1.82, 2.24) is 0 Å². The van der Waals surface area contributed by atoms with Crippen molar-refractivity contribution >= 4 is 34.8 Å². The van der Waals surface area contributed by atoms with E-state index in [9.17, 15) is 9.18 Å². The van der Waals surface area contributed by atoms with Crippen LogP contribution in [0.2, 0.25) is 10.0 Å². The summed E-state index contributed by atoms with van der Waals surface area (Å²) in [4.78, 5) is 13.3. The van der Waals surface area contributed by atoms with Gasteiger partial charge in [-0.2, -0.15) is 0 Å². The predicted molar refractivity (Wildman–Crippen MR) is 91.5 cm³/mol. The van der Waals surface area contributed by atoms with Crippen LogP contribution in [0.4, 0.5) is 10.1 Å². The predicted octanol–water partition coefficient (Wildman–Crippen LogP) is 3.17. The minimum absolute atomic E-state index is 0.176. The Morgan fingerprint density at radius 3 is 2.48 bits per heavy atom. The average Bonchev–Trinajstić information content (AvgIpc) is 2.51. The molecule has 2 aromatic rings. The third-order valence-electron chi connectivity index (χ3n) is 3.72. The number of carbonyl (C=O) groups excluding carboxylic acids is 1. The molecule has 2 rings (SSSR count). The fraction of sp³-hybridized carbons (Fsp3) is 0.235. The van der Waals surface area contributed by atoms with Crippen LogP contribution in [0, 0.1) is 5.82 Å². The highest BCUT2D eigenvalue weighted by atomic mass is 35.5. The molecule has 0 saturated heterocycles. The van der Waals surface area contributed by atoms with E-state index in [0.717, 1.165) is 10.5 Å². The van der Waals surface area contributed by atoms with Crippen LogP contribution >= 0.6 is 23.2 Å². The number of quaternary nitrogens is 1. The van der Waals surface area contributed by atoms with Crippen molar-refractivity contribution in [2.45, 2.75) is 19.5 Å². The van der Waals surface area contributed by atoms with Crippen LogP contribution in [0.5, 0.6) is 0 Å². The molecule has 3 nitrogen and oxygen atoms in total. The van der Waals surface area contributed by atoms with Gasteiger partial charge in [-0.1, -0.05) is 35.3 Å². The molecule has 0 aliphatic carbocycles. The van der Waals surface area contributed by atoms with Crippen LogP contribution in [0.1, 0.15) is 12.5 Å². The minimum Gasteiger partial charge on any atom is -0.324 e. The van der Waals surface area contributed by atoms with Gasteiger partial charge in [0.25, 0.3) is 5.91 Å². The summed E-state index contributed by atoms with van der Waals surface area (Å²) in [6.45, 7) is 2.51. The van der Waals surface area contributed by atoms with Crippen LogP contribution in [-0.2, 0) is 11.3 Å². The highest BCUT2D eigenvalue weighted by molar-refractivity contribution is 6.33. The summed E-state index contributed by atoms with van der Waals surface area (Å²) in [6, 6.07) is 11.1. The van der Waals surface area contributed by atoms with Gasteiger partial charge in [0.15, 0.2) is 6.04 Å². The van der Waals surface area contributed by atoms with Crippen molar-refractivity contribution in [3.05, 3.63) is 63.9 Å². The minimum atomic E-state index is -0.438. The zero-order chi connectivity index (χ0) is 17.0. The molecule has 0 saturated carbocycles. The number of benzene rings is 2. The number of hydrogen-bond acceptors (Lipinski definition) is 1. The molecule has 2 N–H and O–H groups in total. The Morgan fingerprint density at radius 2 is 1.87 bits per heavy atom. The molecule has 0 fully saturated rings. The highest BCUT2D eigenvalue weighted by Gasteiger charge is 2.22. The van der Waals surface area contributed by atoms with Crippen molar-refractivity contribution in [2.75, 3.05) is 12.4 Å². The molecule has 1 amide bonds. The normalized spacial score (nSPS) is 13.4. The van der Waals surface area contributed by atoms with Gasteiger partial charge in [0.1, 0.15) is 12.4 Å². The number of hydrogen-bond donors (Lipinski definition) is 2. The Kier molecular flexibility index (Phi) is 5.99. The maximum atomic E-state index is 13.0. The maximum absolute atomic E-state index is 13.0. The summed E-state index contributed by atoms with van der Waals surface area (Å²) in [5, 5.41) is 3.60. The van der Waals surface area contributed by atoms with Crippen molar-refractivity contribution < 1.29 is 14.1 Å². The second-order valence-electron chi connectivity index (χ2n) is 5.48. The molecular formula is C17H18Cl2FN2O+. The molecule has 0 spiro atoms. The quantitative estimate of drug-likeness (QED) is 0.848. The van der Waals surface area contributed by atoms with Gasteiger partial charge in [-0.15, -0.1) is 0 Å². The molecule has 0 aromatic heterocycles. The van der Waals surface area contributed by atoms with Gasteiger partial charge in [0, 0.05) is 10.6 Å². The molecule has 0 bridgehead atoms. The Bertz CT molecular complexity index is 691. The summed E-state index contributed by atoms with van der Waals surface area (Å²) >= 11 is 11.8. The Morgan fingerprint density at radius 1 is 1.22 bits per heavy atom. The van der Waals surface area contributed by atoms with Crippen LogP contribution in [0.3, 0.4) is 0 Å². The van der Waals surface area contributed by atoms with Gasteiger partial charge < -0.3 is 10.2 Å². The summed E-state index contributed by atoms with van der Waals surface area (Å²) in [5.74, 6) is -0.614. The monoisotopic (exact) mass is 355 g/mol. The molecule has 2 atom stereocenters. The number of halogens is 3. The molecule has 2 aromatic carbocycles. The maximum Gasteiger partial charge on any atom is 0.282 e. The number of nitrogens with one attached hydrogen (secondary N) is 2. The zero-order valence-corrected chi connectivity index (χ0v) is 14.4. The molecular weight excluding hydrogens is 338 g/mol. The lowest BCUT2D eigenvalue weighted by molar-refractivity contribution is -0.907. The van der Waals surface area contributed by atoms with Crippen LogP contribution in [-0.4, -0.2) is 19.0 Å². The topological polar surface area (TPSA) is 33.5 Å². The number of rotatable bonds is 5. The standard InChI is InChI=1S/C17H17Cl2FN2O/c1-11(22(2)10-12-3-5-13(18)6-4-12)17(23)21-16-8-7-14(20)9-15(16)19/h3-9,11H,10H2,1-2H3,(H,21,23)/p+1/t11-/m0/s1. The second kappa shape index (κ2) is 7.77. The lowest BCUT2D eigenvalue weighted by Crippen LogP contribution is -3.12. The Balaban J connectivity index is 1.99. The molecule has 23 heavy (non-hydrogen) atoms. The molecule has 1 unspecified atom stereocenters. The van der Waals surface area contributed by atoms with E-state index < -0.39 is 5.82 Å². The van der Waals surface area contributed by atoms with Crippen molar-refractivity contribution in [2.24, 2.45) is 0 Å². The van der Waals surface area contributed by atoms with Crippen LogP contribution in [0.25, 0.3) is 0 Å². The first kappa shape index (κ1) is 17.7. The molecule has 122 valence electrons. The SMILES string of the molecule is C[C@@H](C(=O)Nc1ccc(F)cc1Cl)[NH+](C)Cc1ccc(Cl)cc1. The van der Waals surface area contributed by atoms with Gasteiger partial charge >= 0.3 is 0 Å². The van der Waals surface area contributed by atoms with E-state index >= 15 is 0 Å². The van der Waals surface area contributed by atoms with E-state index in [1.54, 1.807) is 0 Å². The van der Waals surface area contributed by atoms with Gasteiger partial charge in [-0.3, -0.25) is 4.79 Å². The largest absolute Gasteiger partial charge is 0.324 e. The third-order valence-corrected chi connectivity index (χ3v) is 4.28. The summed E-state index contributed by atoms with van der Waals surface area (Å²) in [7, 11) is 1.94. The molecule has 0 aliphatic heterocycles. The average molecular weight is 356 g/mol. The summed E-state index contributed by atoms with van der Waals surface area (Å²) in [6.07, 6.45) is 0. The molecule has 6 heteroatoms. The first-order valence-corrected chi connectivity index (χ1v) is 7.95. The third kappa shape index (κ3) is 4.93. The van der Waals surface area contributed by atoms with Crippen molar-refractivity contribution in [3.63, 3.8) is 0 Å². The number of anilines is 1. The lowest BCUT2D eigenvalue weighted by atomic mass is 10.2. The van der Waals surface area contributed by atoms with E-state index in [-0.39, 0.29) is 17.0 Å². The van der Waals surface area contributed by atoms with Gasteiger partial charge in [-0.25, -0.2) is 4.39 Å². The first-order chi connectivity index (χ1) is 10.9. The fourth-order valence-corrected chi connectivity index (χ4v) is 2.47. The Hall–Kier alpha value is -1.62. The zero-order valence-electron chi connectivity index (χ0n) is 12.9. The Labute approximate surface area is 145 Å². The second-order valence-corrected chi connectivity index (χ2v) is 6.33. The summed E-state index contributed by atoms with van der Waals surface area (Å²) in [5.41, 5.74) is 1.50. The molecule has 0 aliphatic rings. The van der Waals surface area contributed by atoms with Gasteiger partial charge in [-0.05, 0) is 37.3 Å². The van der Waals surface area contributed by atoms with Crippen molar-refractivity contribution in [1.29, 1.82) is 0 Å². The fourth-order valence-electron chi connectivity index (χ4n) is 2.13. The lowest BCUT2D eigenvalue weighted by Gasteiger charge is -2.21. The van der Waals surface area contributed by atoms with E-state index in [1.807, 2.05) is 38.2 Å². The highest BCUT2D eigenvalue weighted by Crippen LogP contribution is 2.22. The van der Waals surface area contributed by atoms with E-state index in [1.165, 1.54) is 18.2 Å². The molecule has 0 radical (unpaired) electrons. The van der Waals surface area contributed by atoms with Crippen LogP contribution < -0.4 is 10.2 Å². The number of likely N-dealkylation sites (N-methyl/N-ethyl adjacent to an activating group) is 1. The smallest absolute Gasteiger partial charge is 0.282 e. The van der Waals surface area contributed by atoms with E-state index in [0.29, 0.717) is 17.3 Å². The van der Waals surface area contributed by atoms with Gasteiger partial charge in [0.2, 0.25) is 0 Å². The first-order valence-electron chi connectivity index (χ1n) is 7.19. The van der Waals surface area contributed by atoms with Crippen LogP contribution in [0.15, 0.2) is 42.5 Å². The van der Waals surface area contributed by atoms with Gasteiger partial charge in [0.05, 0.1) is 17.8 Å². The van der Waals surface area contributed by atoms with E-state index in [2.05, 4.69) is 5.32 Å².